The van der Waals surface area contributed by atoms with Crippen molar-refractivity contribution in [2.24, 2.45) is 5.92 Å². The minimum absolute atomic E-state index is 0. The van der Waals surface area contributed by atoms with E-state index in [1.807, 2.05) is 0 Å². The first kappa shape index (κ1) is 9.65. The van der Waals surface area contributed by atoms with E-state index in [4.69, 9.17) is 0 Å². The smallest absolute Gasteiger partial charge is 0 e. The summed E-state index contributed by atoms with van der Waals surface area (Å²) in [7, 11) is 2.16. The third-order valence-corrected chi connectivity index (χ3v) is 1.72. The van der Waals surface area contributed by atoms with Gasteiger partial charge in [-0.2, -0.15) is 5.92 Å². The molecular weight excluding hydrogens is 282 g/mol. The van der Waals surface area contributed by atoms with Crippen molar-refractivity contribution in [1.29, 1.82) is 0 Å². The molecule has 9 heavy (non-hydrogen) atoms. The van der Waals surface area contributed by atoms with Gasteiger partial charge in [0, 0.05) is 21.1 Å². The van der Waals surface area contributed by atoms with Crippen LogP contribution in [0.2, 0.25) is 0 Å². The van der Waals surface area contributed by atoms with Gasteiger partial charge in [-0.15, -0.1) is 0 Å². The van der Waals surface area contributed by atoms with Crippen molar-refractivity contribution in [3.63, 3.8) is 0 Å². The Kier molecular flexibility index (Phi) is 4.78. The molecule has 0 aliphatic carbocycles. The van der Waals surface area contributed by atoms with Gasteiger partial charge in [-0.25, -0.2) is 0 Å². The van der Waals surface area contributed by atoms with Gasteiger partial charge in [0.25, 0.3) is 0 Å². The number of hydrogen-bond donors (Lipinski definition) is 0. The normalized spacial score (nSPS) is 29.3. The Labute approximate surface area is 72.1 Å². The number of rotatable bonds is 0. The van der Waals surface area contributed by atoms with E-state index in [0.29, 0.717) is 5.92 Å². The molecule has 0 aromatic carbocycles. The molecule has 1 nitrogen and oxygen atoms in total. The molecule has 1 aliphatic heterocycles. The molecule has 0 saturated carbocycles. The van der Waals surface area contributed by atoms with Crippen LogP contribution in [-0.4, -0.2) is 25.0 Å². The molecule has 0 aromatic heterocycles. The third kappa shape index (κ3) is 3.37. The Morgan fingerprint density at radius 1 is 1.56 bits per heavy atom. The average molecular weight is 296 g/mol. The molecule has 1 aliphatic rings. The molecule has 0 aromatic rings. The van der Waals surface area contributed by atoms with E-state index in [-0.39, 0.29) is 21.1 Å². The average Bonchev–Trinajstić information content (AvgIpc) is 1.64. The van der Waals surface area contributed by atoms with Crippen LogP contribution in [0, 0.1) is 12.8 Å². The minimum Gasteiger partial charge on any atom is -0.339 e. The van der Waals surface area contributed by atoms with Crippen LogP contribution >= 0.6 is 0 Å². The largest absolute Gasteiger partial charge is 0.339 e. The Bertz CT molecular complexity index is 67.3. The van der Waals surface area contributed by atoms with Crippen LogP contribution in [0.5, 0.6) is 0 Å². The van der Waals surface area contributed by atoms with Gasteiger partial charge in [-0.3, -0.25) is 0 Å². The molecule has 0 spiro atoms. The molecule has 0 bridgehead atoms. The van der Waals surface area contributed by atoms with Crippen LogP contribution in [0.4, 0.5) is 0 Å². The van der Waals surface area contributed by atoms with Crippen molar-refractivity contribution in [2.45, 2.75) is 12.8 Å². The van der Waals surface area contributed by atoms with Gasteiger partial charge in [0.1, 0.15) is 0 Å². The van der Waals surface area contributed by atoms with E-state index in [9.17, 15) is 0 Å². The fourth-order valence-corrected chi connectivity index (χ4v) is 1.27. The second-order valence-corrected chi connectivity index (χ2v) is 2.77. The molecule has 2 heteroatoms. The van der Waals surface area contributed by atoms with Crippen LogP contribution in [0.3, 0.4) is 0 Å². The van der Waals surface area contributed by atoms with Crippen LogP contribution < -0.4 is 0 Å². The molecule has 1 unspecified atom stereocenters. The first-order valence-corrected chi connectivity index (χ1v) is 3.30. The maximum Gasteiger partial charge on any atom is 0 e. The summed E-state index contributed by atoms with van der Waals surface area (Å²) in [5.41, 5.74) is 0. The molecule has 1 fully saturated rings. The Hall–Kier alpha value is 0.648. The van der Waals surface area contributed by atoms with E-state index < -0.39 is 0 Å². The fraction of sp³-hybridized carbons (Fsp3) is 0.857. The van der Waals surface area contributed by atoms with Crippen molar-refractivity contribution < 1.29 is 21.1 Å². The van der Waals surface area contributed by atoms with E-state index in [1.54, 1.807) is 0 Å². The molecular formula is C7H14NW-. The van der Waals surface area contributed by atoms with Gasteiger partial charge < -0.3 is 11.8 Å². The summed E-state index contributed by atoms with van der Waals surface area (Å²) >= 11 is 0. The van der Waals surface area contributed by atoms with Crippen molar-refractivity contribution in [3.8, 4) is 0 Å². The molecule has 54 valence electrons. The van der Waals surface area contributed by atoms with Gasteiger partial charge in [0.2, 0.25) is 0 Å². The molecule has 1 saturated heterocycles. The molecule has 0 N–H and O–H groups in total. The Morgan fingerprint density at radius 3 is 2.56 bits per heavy atom. The molecule has 1 heterocycles. The maximum absolute atomic E-state index is 4.01. The Morgan fingerprint density at radius 2 is 2.22 bits per heavy atom. The van der Waals surface area contributed by atoms with Gasteiger partial charge >= 0.3 is 0 Å². The van der Waals surface area contributed by atoms with Gasteiger partial charge in [-0.05, 0) is 26.6 Å². The van der Waals surface area contributed by atoms with Crippen molar-refractivity contribution in [1.82, 2.24) is 4.90 Å². The van der Waals surface area contributed by atoms with Gasteiger partial charge in [-0.1, -0.05) is 6.42 Å². The summed E-state index contributed by atoms with van der Waals surface area (Å²) in [5.74, 6) is 0.689. The third-order valence-electron chi connectivity index (χ3n) is 1.72. The summed E-state index contributed by atoms with van der Waals surface area (Å²) in [6.07, 6.45) is 2.66. The zero-order valence-corrected chi connectivity index (χ0v) is 8.90. The SMILES string of the molecule is [CH2-]C1CCCN(C)C1.[W]. The summed E-state index contributed by atoms with van der Waals surface area (Å²) in [4.78, 5) is 2.35. The minimum atomic E-state index is 0. The zero-order valence-electron chi connectivity index (χ0n) is 5.97. The number of hydrogen-bond acceptors (Lipinski definition) is 1. The topological polar surface area (TPSA) is 3.24 Å². The number of likely N-dealkylation sites (tertiary alicyclic amines) is 1. The molecule has 1 atom stereocenters. The number of nitrogens with zero attached hydrogens (tertiary/aromatic N) is 1. The van der Waals surface area contributed by atoms with Crippen LogP contribution in [0.1, 0.15) is 12.8 Å². The van der Waals surface area contributed by atoms with Crippen molar-refractivity contribution >= 4 is 0 Å². The molecule has 0 amide bonds. The van der Waals surface area contributed by atoms with Crippen LogP contribution in [0.15, 0.2) is 0 Å². The molecule has 0 radical (unpaired) electrons. The maximum atomic E-state index is 4.01. The van der Waals surface area contributed by atoms with Crippen LogP contribution in [0.25, 0.3) is 0 Å². The van der Waals surface area contributed by atoms with Gasteiger partial charge in [0.15, 0.2) is 0 Å². The summed E-state index contributed by atoms with van der Waals surface area (Å²) in [5, 5.41) is 0. The Balaban J connectivity index is 0.000000640. The zero-order chi connectivity index (χ0) is 5.98. The quantitative estimate of drug-likeness (QED) is 0.606. The van der Waals surface area contributed by atoms with E-state index in [0.717, 1.165) is 0 Å². The summed E-state index contributed by atoms with van der Waals surface area (Å²) in [6, 6.07) is 0. The fourth-order valence-electron chi connectivity index (χ4n) is 1.27. The van der Waals surface area contributed by atoms with Crippen molar-refractivity contribution in [2.75, 3.05) is 20.1 Å². The van der Waals surface area contributed by atoms with Gasteiger partial charge in [0.05, 0.1) is 0 Å². The first-order chi connectivity index (χ1) is 3.79. The predicted octanol–water partition coefficient (Wildman–Crippen LogP) is 1.16. The van der Waals surface area contributed by atoms with Crippen LogP contribution in [-0.2, 0) is 21.1 Å². The standard InChI is InChI=1S/C7H14N.W/c1-7-4-3-5-8(2)6-7;/h7H,1,3-6H2,2H3;/q-1;. The monoisotopic (exact) mass is 296 g/mol. The second kappa shape index (κ2) is 4.46. The first-order valence-electron chi connectivity index (χ1n) is 3.30. The summed E-state index contributed by atoms with van der Waals surface area (Å²) < 4.78 is 0. The summed E-state index contributed by atoms with van der Waals surface area (Å²) in [6.45, 7) is 6.47. The van der Waals surface area contributed by atoms with E-state index >= 15 is 0 Å². The van der Waals surface area contributed by atoms with E-state index in [2.05, 4.69) is 18.9 Å². The molecule has 1 rings (SSSR count). The second-order valence-electron chi connectivity index (χ2n) is 2.77. The van der Waals surface area contributed by atoms with E-state index in [1.165, 1.54) is 25.9 Å². The predicted molar refractivity (Wildman–Crippen MR) is 35.6 cm³/mol. The van der Waals surface area contributed by atoms with Crippen molar-refractivity contribution in [3.05, 3.63) is 6.92 Å². The number of piperidine rings is 1.